The first-order valence-corrected chi connectivity index (χ1v) is 10.9. The Kier molecular flexibility index (Phi) is 6.41. The lowest BCUT2D eigenvalue weighted by Gasteiger charge is -2.14. The second kappa shape index (κ2) is 9.56. The third kappa shape index (κ3) is 4.75. The minimum absolute atomic E-state index is 0.0652. The SMILES string of the molecule is Cc1cn(Cc2ccccc2)c(C(=O)NCc2ccc(N(C)C)cc2)c1-c1ccccc1. The average Bonchev–Trinajstić information content (AvgIpc) is 3.14. The monoisotopic (exact) mass is 423 g/mol. The van der Waals surface area contributed by atoms with Crippen LogP contribution in [0.4, 0.5) is 5.69 Å². The van der Waals surface area contributed by atoms with Gasteiger partial charge < -0.3 is 14.8 Å². The quantitative estimate of drug-likeness (QED) is 0.426. The summed E-state index contributed by atoms with van der Waals surface area (Å²) < 4.78 is 2.07. The molecular formula is C28H29N3O. The lowest BCUT2D eigenvalue weighted by molar-refractivity contribution is 0.0943. The van der Waals surface area contributed by atoms with E-state index in [0.29, 0.717) is 18.8 Å². The van der Waals surface area contributed by atoms with Crippen molar-refractivity contribution in [1.82, 2.24) is 9.88 Å². The highest BCUT2D eigenvalue weighted by Crippen LogP contribution is 2.30. The fraction of sp³-hybridized carbons (Fsp3) is 0.179. The minimum atomic E-state index is -0.0652. The Bertz CT molecular complexity index is 1180. The van der Waals surface area contributed by atoms with Crippen LogP contribution in [0.2, 0.25) is 0 Å². The van der Waals surface area contributed by atoms with Crippen LogP contribution in [0, 0.1) is 6.92 Å². The molecule has 4 aromatic rings. The Labute approximate surface area is 190 Å². The molecule has 4 heteroatoms. The molecule has 1 aromatic heterocycles. The summed E-state index contributed by atoms with van der Waals surface area (Å²) in [6.45, 7) is 3.20. The van der Waals surface area contributed by atoms with Crippen molar-refractivity contribution in [3.8, 4) is 11.1 Å². The zero-order valence-electron chi connectivity index (χ0n) is 18.9. The summed E-state index contributed by atoms with van der Waals surface area (Å²) in [6.07, 6.45) is 2.08. The van der Waals surface area contributed by atoms with E-state index in [1.54, 1.807) is 0 Å². The maximum atomic E-state index is 13.5. The van der Waals surface area contributed by atoms with Crippen LogP contribution in [0.5, 0.6) is 0 Å². The molecule has 0 bridgehead atoms. The van der Waals surface area contributed by atoms with E-state index in [9.17, 15) is 4.79 Å². The third-order valence-corrected chi connectivity index (χ3v) is 5.65. The second-order valence-electron chi connectivity index (χ2n) is 8.26. The van der Waals surface area contributed by atoms with Gasteiger partial charge in [0.1, 0.15) is 5.69 Å². The van der Waals surface area contributed by atoms with E-state index in [-0.39, 0.29) is 5.91 Å². The molecule has 32 heavy (non-hydrogen) atoms. The first-order valence-electron chi connectivity index (χ1n) is 10.9. The molecule has 0 aliphatic rings. The van der Waals surface area contributed by atoms with Crippen LogP contribution in [0.1, 0.15) is 27.2 Å². The Hall–Kier alpha value is -3.79. The summed E-state index contributed by atoms with van der Waals surface area (Å²) in [6, 6.07) is 28.6. The lowest BCUT2D eigenvalue weighted by atomic mass is 10.0. The maximum Gasteiger partial charge on any atom is 0.268 e. The van der Waals surface area contributed by atoms with Gasteiger partial charge in [0, 0.05) is 44.6 Å². The summed E-state index contributed by atoms with van der Waals surface area (Å²) in [5.41, 5.74) is 7.20. The molecule has 1 amide bonds. The number of hydrogen-bond donors (Lipinski definition) is 1. The molecule has 0 unspecified atom stereocenters. The molecule has 0 aliphatic heterocycles. The fourth-order valence-corrected chi connectivity index (χ4v) is 3.99. The first kappa shape index (κ1) is 21.4. The number of carbonyl (C=O) groups excluding carboxylic acids is 1. The highest BCUT2D eigenvalue weighted by Gasteiger charge is 2.21. The van der Waals surface area contributed by atoms with Crippen molar-refractivity contribution in [2.75, 3.05) is 19.0 Å². The van der Waals surface area contributed by atoms with Gasteiger partial charge in [0.2, 0.25) is 0 Å². The number of hydrogen-bond acceptors (Lipinski definition) is 2. The predicted molar refractivity (Wildman–Crippen MR) is 132 cm³/mol. The fourth-order valence-electron chi connectivity index (χ4n) is 3.99. The van der Waals surface area contributed by atoms with Gasteiger partial charge in [-0.2, -0.15) is 0 Å². The highest BCUT2D eigenvalue weighted by atomic mass is 16.1. The van der Waals surface area contributed by atoms with Crippen LogP contribution in [0.15, 0.2) is 91.1 Å². The van der Waals surface area contributed by atoms with E-state index in [0.717, 1.165) is 33.5 Å². The van der Waals surface area contributed by atoms with Gasteiger partial charge in [0.25, 0.3) is 5.91 Å². The number of anilines is 1. The zero-order valence-corrected chi connectivity index (χ0v) is 18.9. The number of amides is 1. The van der Waals surface area contributed by atoms with Gasteiger partial charge in [0.05, 0.1) is 0 Å². The predicted octanol–water partition coefficient (Wildman–Crippen LogP) is 5.51. The molecule has 0 atom stereocenters. The molecule has 162 valence electrons. The number of aromatic nitrogens is 1. The zero-order chi connectivity index (χ0) is 22.5. The Morgan fingerprint density at radius 1 is 0.844 bits per heavy atom. The van der Waals surface area contributed by atoms with Crippen molar-refractivity contribution < 1.29 is 4.79 Å². The Morgan fingerprint density at radius 3 is 2.09 bits per heavy atom. The second-order valence-corrected chi connectivity index (χ2v) is 8.26. The van der Waals surface area contributed by atoms with Gasteiger partial charge >= 0.3 is 0 Å². The molecule has 0 saturated heterocycles. The molecule has 0 saturated carbocycles. The van der Waals surface area contributed by atoms with Crippen LogP contribution in [-0.4, -0.2) is 24.6 Å². The maximum absolute atomic E-state index is 13.5. The molecule has 4 rings (SSSR count). The molecule has 1 heterocycles. The topological polar surface area (TPSA) is 37.3 Å². The first-order chi connectivity index (χ1) is 15.5. The molecule has 0 aliphatic carbocycles. The molecular weight excluding hydrogens is 394 g/mol. The van der Waals surface area contributed by atoms with Crippen molar-refractivity contribution in [3.05, 3.63) is 114 Å². The van der Waals surface area contributed by atoms with E-state index in [2.05, 4.69) is 76.4 Å². The summed E-state index contributed by atoms with van der Waals surface area (Å²) in [5.74, 6) is -0.0652. The van der Waals surface area contributed by atoms with Gasteiger partial charge in [0.15, 0.2) is 0 Å². The Morgan fingerprint density at radius 2 is 1.47 bits per heavy atom. The van der Waals surface area contributed by atoms with Crippen molar-refractivity contribution in [2.24, 2.45) is 0 Å². The lowest BCUT2D eigenvalue weighted by Crippen LogP contribution is -2.26. The molecule has 0 fully saturated rings. The number of benzene rings is 3. The van der Waals surface area contributed by atoms with Crippen LogP contribution >= 0.6 is 0 Å². The van der Waals surface area contributed by atoms with Crippen LogP contribution < -0.4 is 10.2 Å². The average molecular weight is 424 g/mol. The van der Waals surface area contributed by atoms with E-state index < -0.39 is 0 Å². The molecule has 0 spiro atoms. The molecule has 4 nitrogen and oxygen atoms in total. The number of nitrogens with zero attached hydrogens (tertiary/aromatic N) is 2. The smallest absolute Gasteiger partial charge is 0.268 e. The van der Waals surface area contributed by atoms with E-state index in [1.165, 1.54) is 0 Å². The van der Waals surface area contributed by atoms with Crippen LogP contribution in [0.25, 0.3) is 11.1 Å². The largest absolute Gasteiger partial charge is 0.378 e. The normalized spacial score (nSPS) is 10.7. The van der Waals surface area contributed by atoms with Crippen molar-refractivity contribution in [2.45, 2.75) is 20.0 Å². The van der Waals surface area contributed by atoms with E-state index in [1.807, 2.05) is 50.5 Å². The molecule has 3 aromatic carbocycles. The van der Waals surface area contributed by atoms with Crippen molar-refractivity contribution in [3.63, 3.8) is 0 Å². The van der Waals surface area contributed by atoms with Crippen LogP contribution in [-0.2, 0) is 13.1 Å². The van der Waals surface area contributed by atoms with Gasteiger partial charge in [-0.25, -0.2) is 0 Å². The standard InChI is InChI=1S/C28H29N3O/c1-21-19-31(20-23-10-6-4-7-11-23)27(26(21)24-12-8-5-9-13-24)28(32)29-18-22-14-16-25(17-15-22)30(2)3/h4-17,19H,18,20H2,1-3H3,(H,29,32). The van der Waals surface area contributed by atoms with Gasteiger partial charge in [-0.1, -0.05) is 72.8 Å². The summed E-state index contributed by atoms with van der Waals surface area (Å²) in [7, 11) is 4.04. The number of rotatable bonds is 7. The minimum Gasteiger partial charge on any atom is -0.378 e. The summed E-state index contributed by atoms with van der Waals surface area (Å²) in [4.78, 5) is 15.5. The van der Waals surface area contributed by atoms with E-state index in [4.69, 9.17) is 0 Å². The van der Waals surface area contributed by atoms with E-state index >= 15 is 0 Å². The third-order valence-electron chi connectivity index (χ3n) is 5.65. The van der Waals surface area contributed by atoms with Gasteiger partial charge in [-0.05, 0) is 41.3 Å². The number of nitrogens with one attached hydrogen (secondary N) is 1. The summed E-state index contributed by atoms with van der Waals surface area (Å²) in [5, 5.41) is 3.14. The molecule has 1 N–H and O–H groups in total. The van der Waals surface area contributed by atoms with Crippen LogP contribution in [0.3, 0.4) is 0 Å². The number of carbonyl (C=O) groups is 1. The van der Waals surface area contributed by atoms with Crippen molar-refractivity contribution >= 4 is 11.6 Å². The number of aryl methyl sites for hydroxylation is 1. The van der Waals surface area contributed by atoms with Crippen molar-refractivity contribution in [1.29, 1.82) is 0 Å². The molecule has 0 radical (unpaired) electrons. The summed E-state index contributed by atoms with van der Waals surface area (Å²) >= 11 is 0. The highest BCUT2D eigenvalue weighted by molar-refractivity contribution is 6.00. The van der Waals surface area contributed by atoms with Gasteiger partial charge in [-0.3, -0.25) is 4.79 Å². The Balaban J connectivity index is 1.64. The van der Waals surface area contributed by atoms with Gasteiger partial charge in [-0.15, -0.1) is 0 Å².